The molecule has 1 aliphatic rings. The molecule has 1 aliphatic heterocycles. The summed E-state index contributed by atoms with van der Waals surface area (Å²) in [6.07, 6.45) is 0.254. The van der Waals surface area contributed by atoms with Gasteiger partial charge >= 0.3 is 0 Å². The molecule has 0 atom stereocenters. The van der Waals surface area contributed by atoms with E-state index in [1.807, 2.05) is 36.2 Å². The van der Waals surface area contributed by atoms with Crippen molar-refractivity contribution in [3.63, 3.8) is 0 Å². The van der Waals surface area contributed by atoms with Crippen LogP contribution in [0.25, 0.3) is 0 Å². The summed E-state index contributed by atoms with van der Waals surface area (Å²) in [6, 6.07) is 15.0. The van der Waals surface area contributed by atoms with E-state index in [1.54, 1.807) is 23.1 Å². The lowest BCUT2D eigenvalue weighted by Crippen LogP contribution is -2.39. The maximum atomic E-state index is 12.9. The van der Waals surface area contributed by atoms with Gasteiger partial charge in [-0.05, 0) is 42.9 Å². The molecule has 1 heterocycles. The lowest BCUT2D eigenvalue weighted by atomic mass is 10.2. The first-order valence-electron chi connectivity index (χ1n) is 9.07. The fourth-order valence-electron chi connectivity index (χ4n) is 3.07. The van der Waals surface area contributed by atoms with E-state index in [9.17, 15) is 4.79 Å². The summed E-state index contributed by atoms with van der Waals surface area (Å²) in [7, 11) is 1.88. The molecule has 146 valence electrons. The summed E-state index contributed by atoms with van der Waals surface area (Å²) >= 11 is 6.06. The zero-order valence-corrected chi connectivity index (χ0v) is 16.5. The molecule has 0 saturated heterocycles. The third-order valence-corrected chi connectivity index (χ3v) is 4.57. The van der Waals surface area contributed by atoms with Gasteiger partial charge in [0.1, 0.15) is 13.2 Å². The van der Waals surface area contributed by atoms with Gasteiger partial charge in [-0.25, -0.2) is 0 Å². The number of carbonyl (C=O) groups excluding carboxylic acids is 1. The number of nitrogens with zero attached hydrogens (tertiary/aromatic N) is 3. The summed E-state index contributed by atoms with van der Waals surface area (Å²) in [4.78, 5) is 16.4. The highest BCUT2D eigenvalue weighted by Crippen LogP contribution is 2.31. The fraction of sp³-hybridized carbons (Fsp3) is 0.333. The van der Waals surface area contributed by atoms with E-state index in [0.717, 1.165) is 17.1 Å². The van der Waals surface area contributed by atoms with E-state index in [0.29, 0.717) is 37.0 Å². The minimum Gasteiger partial charge on any atom is -0.486 e. The number of rotatable bonds is 7. The van der Waals surface area contributed by atoms with Crippen LogP contribution in [0, 0.1) is 11.3 Å². The molecule has 0 aliphatic carbocycles. The predicted molar refractivity (Wildman–Crippen MR) is 108 cm³/mol. The predicted octanol–water partition coefficient (Wildman–Crippen LogP) is 3.49. The first-order valence-corrected chi connectivity index (χ1v) is 9.44. The molecule has 2 aromatic rings. The van der Waals surface area contributed by atoms with Crippen LogP contribution in [-0.2, 0) is 11.3 Å². The van der Waals surface area contributed by atoms with Crippen molar-refractivity contribution in [1.29, 1.82) is 5.26 Å². The van der Waals surface area contributed by atoms with E-state index >= 15 is 0 Å². The van der Waals surface area contributed by atoms with Crippen LogP contribution >= 0.6 is 11.6 Å². The van der Waals surface area contributed by atoms with Crippen LogP contribution in [0.4, 0.5) is 5.69 Å². The van der Waals surface area contributed by atoms with Crippen molar-refractivity contribution in [2.24, 2.45) is 0 Å². The smallest absolute Gasteiger partial charge is 0.241 e. The van der Waals surface area contributed by atoms with E-state index < -0.39 is 0 Å². The van der Waals surface area contributed by atoms with E-state index in [1.165, 1.54) is 0 Å². The summed E-state index contributed by atoms with van der Waals surface area (Å²) in [5.74, 6) is 1.40. The minimum atomic E-state index is -0.0856. The Morgan fingerprint density at radius 3 is 2.71 bits per heavy atom. The summed E-state index contributed by atoms with van der Waals surface area (Å²) in [5, 5.41) is 9.48. The lowest BCUT2D eigenvalue weighted by molar-refractivity contribution is -0.119. The SMILES string of the molecule is CN(CC(=O)N(CCC#N)c1cccc(Cl)c1)Cc1ccc2c(c1)OCCO2. The number of halogens is 1. The van der Waals surface area contributed by atoms with Gasteiger partial charge in [0, 0.05) is 23.8 Å². The van der Waals surface area contributed by atoms with Gasteiger partial charge in [-0.15, -0.1) is 0 Å². The largest absolute Gasteiger partial charge is 0.486 e. The Kier molecular flexibility index (Phi) is 6.75. The minimum absolute atomic E-state index is 0.0856. The highest BCUT2D eigenvalue weighted by atomic mass is 35.5. The van der Waals surface area contributed by atoms with Gasteiger partial charge in [-0.2, -0.15) is 5.26 Å². The van der Waals surface area contributed by atoms with Crippen molar-refractivity contribution in [3.05, 3.63) is 53.1 Å². The third-order valence-electron chi connectivity index (χ3n) is 4.33. The van der Waals surface area contributed by atoms with E-state index in [2.05, 4.69) is 6.07 Å². The molecule has 0 aromatic heterocycles. The summed E-state index contributed by atoms with van der Waals surface area (Å²) in [6.45, 7) is 2.23. The number of nitriles is 1. The van der Waals surface area contributed by atoms with Crippen LogP contribution in [-0.4, -0.2) is 44.2 Å². The van der Waals surface area contributed by atoms with Gasteiger partial charge in [0.05, 0.1) is 19.0 Å². The molecule has 0 fully saturated rings. The van der Waals surface area contributed by atoms with Gasteiger partial charge < -0.3 is 14.4 Å². The number of anilines is 1. The summed E-state index contributed by atoms with van der Waals surface area (Å²) < 4.78 is 11.2. The normalized spacial score (nSPS) is 12.5. The number of amides is 1. The van der Waals surface area contributed by atoms with Crippen molar-refractivity contribution in [2.45, 2.75) is 13.0 Å². The quantitative estimate of drug-likeness (QED) is 0.713. The molecular weight excluding hydrogens is 378 g/mol. The van der Waals surface area contributed by atoms with Crippen molar-refractivity contribution in [1.82, 2.24) is 4.90 Å². The molecule has 6 nitrogen and oxygen atoms in total. The van der Waals surface area contributed by atoms with Gasteiger partial charge in [-0.3, -0.25) is 9.69 Å². The van der Waals surface area contributed by atoms with E-state index in [-0.39, 0.29) is 18.9 Å². The Balaban J connectivity index is 1.66. The Hall–Kier alpha value is -2.75. The number of carbonyl (C=O) groups is 1. The molecule has 0 spiro atoms. The fourth-order valence-corrected chi connectivity index (χ4v) is 3.26. The number of likely N-dealkylation sites (N-methyl/N-ethyl adjacent to an activating group) is 1. The van der Waals surface area contributed by atoms with Crippen LogP contribution in [0.3, 0.4) is 0 Å². The van der Waals surface area contributed by atoms with Crippen molar-refractivity contribution in [2.75, 3.05) is 38.3 Å². The first-order chi connectivity index (χ1) is 13.6. The van der Waals surface area contributed by atoms with Gasteiger partial charge in [0.15, 0.2) is 11.5 Å². The second-order valence-electron chi connectivity index (χ2n) is 6.58. The van der Waals surface area contributed by atoms with Gasteiger partial charge in [0.25, 0.3) is 0 Å². The Morgan fingerprint density at radius 2 is 1.96 bits per heavy atom. The van der Waals surface area contributed by atoms with Gasteiger partial charge in [-0.1, -0.05) is 23.7 Å². The van der Waals surface area contributed by atoms with Crippen molar-refractivity contribution < 1.29 is 14.3 Å². The Morgan fingerprint density at radius 1 is 1.18 bits per heavy atom. The maximum Gasteiger partial charge on any atom is 0.241 e. The van der Waals surface area contributed by atoms with Crippen LogP contribution in [0.1, 0.15) is 12.0 Å². The van der Waals surface area contributed by atoms with Crippen LogP contribution in [0.2, 0.25) is 5.02 Å². The number of benzene rings is 2. The Labute approximate surface area is 169 Å². The molecule has 3 rings (SSSR count). The first kappa shape index (κ1) is 20.0. The average molecular weight is 400 g/mol. The average Bonchev–Trinajstić information content (AvgIpc) is 2.68. The second-order valence-corrected chi connectivity index (χ2v) is 7.02. The third kappa shape index (κ3) is 5.16. The van der Waals surface area contributed by atoms with Crippen LogP contribution in [0.5, 0.6) is 11.5 Å². The molecule has 7 heteroatoms. The molecule has 0 N–H and O–H groups in total. The maximum absolute atomic E-state index is 12.9. The number of hydrogen-bond acceptors (Lipinski definition) is 5. The van der Waals surface area contributed by atoms with Crippen molar-refractivity contribution >= 4 is 23.2 Å². The van der Waals surface area contributed by atoms with Crippen molar-refractivity contribution in [3.8, 4) is 17.6 Å². The highest BCUT2D eigenvalue weighted by molar-refractivity contribution is 6.30. The molecule has 28 heavy (non-hydrogen) atoms. The highest BCUT2D eigenvalue weighted by Gasteiger charge is 2.18. The van der Waals surface area contributed by atoms with Crippen LogP contribution < -0.4 is 14.4 Å². The zero-order valence-electron chi connectivity index (χ0n) is 15.7. The molecule has 2 aromatic carbocycles. The molecule has 1 amide bonds. The molecular formula is C21H22ClN3O3. The molecule has 0 saturated carbocycles. The number of fused-ring (bicyclic) bond motifs is 1. The Bertz CT molecular complexity index is 881. The number of ether oxygens (including phenoxy) is 2. The molecule has 0 bridgehead atoms. The van der Waals surface area contributed by atoms with E-state index in [4.69, 9.17) is 26.3 Å². The summed E-state index contributed by atoms with van der Waals surface area (Å²) in [5.41, 5.74) is 1.73. The van der Waals surface area contributed by atoms with Crippen LogP contribution in [0.15, 0.2) is 42.5 Å². The van der Waals surface area contributed by atoms with Gasteiger partial charge in [0.2, 0.25) is 5.91 Å². The topological polar surface area (TPSA) is 65.8 Å². The molecule has 0 unspecified atom stereocenters. The second kappa shape index (κ2) is 9.45. The standard InChI is InChI=1S/C21H22ClN3O3/c1-24(14-16-6-7-19-20(12-16)28-11-10-27-19)15-21(26)25(9-3-8-23)18-5-2-4-17(22)13-18/h2,4-7,12-13H,3,9-11,14-15H2,1H3. The molecule has 0 radical (unpaired) electrons. The lowest BCUT2D eigenvalue weighted by Gasteiger charge is -2.25. The zero-order chi connectivity index (χ0) is 19.9. The monoisotopic (exact) mass is 399 g/mol. The number of hydrogen-bond donors (Lipinski definition) is 0.